The van der Waals surface area contributed by atoms with Crippen LogP contribution in [-0.2, 0) is 20.3 Å². The minimum atomic E-state index is -2.92. The van der Waals surface area contributed by atoms with Gasteiger partial charge in [0.05, 0.1) is 0 Å². The van der Waals surface area contributed by atoms with E-state index in [0.29, 0.717) is 6.54 Å². The topological polar surface area (TPSA) is 47.6 Å². The average Bonchev–Trinajstić information content (AvgIpc) is 2.19. The second-order valence-corrected chi connectivity index (χ2v) is 4.94. The van der Waals surface area contributed by atoms with Crippen LogP contribution in [0.1, 0.15) is 5.56 Å². The predicted molar refractivity (Wildman–Crippen MR) is 54.9 cm³/mol. The quantitative estimate of drug-likeness (QED) is 0.604. The molecule has 0 aliphatic rings. The Balaban J connectivity index is 2.33. The summed E-state index contributed by atoms with van der Waals surface area (Å²) < 4.78 is 20.8. The fourth-order valence-electron chi connectivity index (χ4n) is 0.866. The number of rotatable bonds is 5. The molecule has 1 unspecified atom stereocenters. The Hall–Kier alpha value is -0.670. The van der Waals surface area contributed by atoms with E-state index in [1.807, 2.05) is 30.3 Å². The number of benzene rings is 1. The Bertz CT molecular complexity index is 315. The first-order chi connectivity index (χ1) is 6.64. The van der Waals surface area contributed by atoms with Crippen molar-refractivity contribution in [3.63, 3.8) is 0 Å². The highest BCUT2D eigenvalue weighted by Gasteiger charge is 2.13. The van der Waals surface area contributed by atoms with Crippen molar-refractivity contribution in [2.24, 2.45) is 0 Å². The summed E-state index contributed by atoms with van der Waals surface area (Å²) in [6, 6.07) is 9.69. The van der Waals surface area contributed by atoms with Gasteiger partial charge in [-0.05, 0) is 5.56 Å². The molecule has 0 spiro atoms. The van der Waals surface area contributed by atoms with E-state index in [2.05, 4.69) is 10.0 Å². The highest BCUT2D eigenvalue weighted by molar-refractivity contribution is 7.52. The third-order valence-corrected chi connectivity index (χ3v) is 2.81. The summed E-state index contributed by atoms with van der Waals surface area (Å²) in [5.74, 6) is 0. The lowest BCUT2D eigenvalue weighted by Crippen LogP contribution is -2.12. The number of hydrogen-bond donors (Lipinski definition) is 1. The van der Waals surface area contributed by atoms with Gasteiger partial charge in [0.15, 0.2) is 0 Å². The van der Waals surface area contributed by atoms with Crippen molar-refractivity contribution in [2.75, 3.05) is 13.8 Å². The van der Waals surface area contributed by atoms with Gasteiger partial charge in [-0.3, -0.25) is 4.57 Å². The van der Waals surface area contributed by atoms with E-state index in [1.165, 1.54) is 13.8 Å². The van der Waals surface area contributed by atoms with Gasteiger partial charge in [0, 0.05) is 20.3 Å². The molecule has 4 nitrogen and oxygen atoms in total. The predicted octanol–water partition coefficient (Wildman–Crippen LogP) is 2.18. The van der Waals surface area contributed by atoms with Crippen molar-refractivity contribution in [3.05, 3.63) is 35.9 Å². The number of hydroxylamine groups is 1. The molecule has 1 aromatic rings. The molecule has 0 saturated carbocycles. The van der Waals surface area contributed by atoms with Crippen LogP contribution >= 0.6 is 7.60 Å². The van der Waals surface area contributed by atoms with Crippen LogP contribution in [0, 0.1) is 0 Å². The van der Waals surface area contributed by atoms with Gasteiger partial charge in [-0.2, -0.15) is 5.48 Å². The molecule has 1 atom stereocenters. The lowest BCUT2D eigenvalue weighted by molar-refractivity contribution is 0.153. The second-order valence-electron chi connectivity index (χ2n) is 2.85. The Kier molecular flexibility index (Phi) is 4.29. The molecule has 0 bridgehead atoms. The maximum absolute atomic E-state index is 11.3. The first kappa shape index (κ1) is 11.4. The van der Waals surface area contributed by atoms with Gasteiger partial charge in [-0.1, -0.05) is 30.3 Å². The van der Waals surface area contributed by atoms with Crippen LogP contribution in [0.2, 0.25) is 0 Å². The van der Waals surface area contributed by atoms with Gasteiger partial charge in [0.2, 0.25) is 0 Å². The molecule has 0 aliphatic heterocycles. The Labute approximate surface area is 83.7 Å². The van der Waals surface area contributed by atoms with E-state index >= 15 is 0 Å². The molecule has 0 fully saturated rings. The number of nitrogens with one attached hydrogen (secondary N) is 1. The fourth-order valence-corrected chi connectivity index (χ4v) is 1.24. The van der Waals surface area contributed by atoms with Crippen LogP contribution in [0.15, 0.2) is 30.3 Å². The molecule has 1 N–H and O–H groups in total. The lowest BCUT2D eigenvalue weighted by atomic mass is 10.2. The molecule has 0 saturated heterocycles. The molecular weight excluding hydrogens is 201 g/mol. The molecule has 0 heterocycles. The van der Waals surface area contributed by atoms with Crippen molar-refractivity contribution >= 4 is 7.60 Å². The number of hydrogen-bond acceptors (Lipinski definition) is 4. The molecule has 0 radical (unpaired) electrons. The van der Waals surface area contributed by atoms with Crippen LogP contribution in [0.4, 0.5) is 0 Å². The third-order valence-electron chi connectivity index (χ3n) is 1.68. The highest BCUT2D eigenvalue weighted by atomic mass is 31.2. The molecule has 1 rings (SSSR count). The Morgan fingerprint density at radius 2 is 2.00 bits per heavy atom. The van der Waals surface area contributed by atoms with Crippen molar-refractivity contribution in [1.82, 2.24) is 5.48 Å². The Morgan fingerprint density at radius 1 is 1.36 bits per heavy atom. The van der Waals surface area contributed by atoms with Crippen molar-refractivity contribution in [1.29, 1.82) is 0 Å². The summed E-state index contributed by atoms with van der Waals surface area (Å²) in [5.41, 5.74) is 3.66. The molecular formula is C9H14NO3P. The minimum absolute atomic E-state index is 0.502. The minimum Gasteiger partial charge on any atom is -0.311 e. The first-order valence-electron chi connectivity index (χ1n) is 4.23. The Morgan fingerprint density at radius 3 is 2.57 bits per heavy atom. The van der Waals surface area contributed by atoms with E-state index in [0.717, 1.165) is 5.56 Å². The molecule has 5 heteroatoms. The fraction of sp³-hybridized carbons (Fsp3) is 0.333. The van der Waals surface area contributed by atoms with Crippen LogP contribution in [-0.4, -0.2) is 13.8 Å². The zero-order valence-corrected chi connectivity index (χ0v) is 9.16. The van der Waals surface area contributed by atoms with E-state index in [4.69, 9.17) is 4.62 Å². The summed E-state index contributed by atoms with van der Waals surface area (Å²) in [4.78, 5) is 0. The summed E-state index contributed by atoms with van der Waals surface area (Å²) in [5, 5.41) is 0. The van der Waals surface area contributed by atoms with E-state index in [-0.39, 0.29) is 0 Å². The summed E-state index contributed by atoms with van der Waals surface area (Å²) in [6.07, 6.45) is 0. The van der Waals surface area contributed by atoms with Crippen LogP contribution in [0.25, 0.3) is 0 Å². The summed E-state index contributed by atoms with van der Waals surface area (Å²) in [7, 11) is -1.57. The first-order valence-corrected chi connectivity index (χ1v) is 6.21. The van der Waals surface area contributed by atoms with Crippen molar-refractivity contribution in [3.8, 4) is 0 Å². The van der Waals surface area contributed by atoms with E-state index in [1.54, 1.807) is 0 Å². The smallest absolute Gasteiger partial charge is 0.311 e. The normalized spacial score (nSPS) is 15.0. The van der Waals surface area contributed by atoms with Gasteiger partial charge in [-0.15, -0.1) is 0 Å². The van der Waals surface area contributed by atoms with Crippen LogP contribution < -0.4 is 5.48 Å². The zero-order chi connectivity index (χ0) is 10.4. The van der Waals surface area contributed by atoms with Crippen LogP contribution in [0.3, 0.4) is 0 Å². The maximum atomic E-state index is 11.3. The van der Waals surface area contributed by atoms with Crippen molar-refractivity contribution < 1.29 is 13.7 Å². The average molecular weight is 215 g/mol. The molecule has 0 aliphatic carbocycles. The standard InChI is InChI=1S/C9H14NO3P/c1-12-14(2,11)13-10-8-9-6-4-3-5-7-9/h3-7,10H,8H2,1-2H3. The van der Waals surface area contributed by atoms with Gasteiger partial charge in [-0.25, -0.2) is 4.62 Å². The second kappa shape index (κ2) is 5.27. The van der Waals surface area contributed by atoms with Gasteiger partial charge >= 0.3 is 7.60 Å². The molecule has 0 amide bonds. The molecule has 1 aromatic carbocycles. The van der Waals surface area contributed by atoms with E-state index in [9.17, 15) is 4.57 Å². The van der Waals surface area contributed by atoms with E-state index < -0.39 is 7.60 Å². The largest absolute Gasteiger partial charge is 0.343 e. The van der Waals surface area contributed by atoms with Crippen molar-refractivity contribution in [2.45, 2.75) is 6.54 Å². The molecule has 14 heavy (non-hydrogen) atoms. The zero-order valence-electron chi connectivity index (χ0n) is 8.27. The molecule has 78 valence electrons. The maximum Gasteiger partial charge on any atom is 0.343 e. The third kappa shape index (κ3) is 4.03. The van der Waals surface area contributed by atoms with Gasteiger partial charge < -0.3 is 4.52 Å². The lowest BCUT2D eigenvalue weighted by Gasteiger charge is -2.11. The highest BCUT2D eigenvalue weighted by Crippen LogP contribution is 2.41. The summed E-state index contributed by atoms with van der Waals surface area (Å²) >= 11 is 0. The SMILES string of the molecule is COP(C)(=O)ONCc1ccccc1. The van der Waals surface area contributed by atoms with Crippen LogP contribution in [0.5, 0.6) is 0 Å². The summed E-state index contributed by atoms with van der Waals surface area (Å²) in [6.45, 7) is 1.91. The van der Waals surface area contributed by atoms with Gasteiger partial charge in [0.25, 0.3) is 0 Å². The monoisotopic (exact) mass is 215 g/mol. The molecule has 0 aromatic heterocycles. The van der Waals surface area contributed by atoms with Gasteiger partial charge in [0.1, 0.15) is 0 Å².